The second kappa shape index (κ2) is 7.17. The summed E-state index contributed by atoms with van der Waals surface area (Å²) in [7, 11) is 1.65. The van der Waals surface area contributed by atoms with Crippen molar-refractivity contribution in [2.24, 2.45) is 5.73 Å². The van der Waals surface area contributed by atoms with Crippen LogP contribution in [0, 0.1) is 0 Å². The highest BCUT2D eigenvalue weighted by molar-refractivity contribution is 7.21. The average Bonchev–Trinajstić information content (AvgIpc) is 3.05. The number of fused-ring (bicyclic) bond motifs is 1. The highest BCUT2D eigenvalue weighted by Gasteiger charge is 2.25. The molecule has 1 unspecified atom stereocenters. The molecule has 4 rings (SSSR count). The number of primary amides is 1. The van der Waals surface area contributed by atoms with Crippen LogP contribution in [0.5, 0.6) is 5.75 Å². The van der Waals surface area contributed by atoms with E-state index >= 15 is 0 Å². The molecule has 1 atom stereocenters. The van der Waals surface area contributed by atoms with Crippen molar-refractivity contribution < 1.29 is 9.53 Å². The van der Waals surface area contributed by atoms with Gasteiger partial charge in [-0.3, -0.25) is 4.79 Å². The highest BCUT2D eigenvalue weighted by Crippen LogP contribution is 2.42. The van der Waals surface area contributed by atoms with Gasteiger partial charge in [-0.1, -0.05) is 12.1 Å². The molecule has 0 saturated carbocycles. The number of pyridine rings is 1. The Morgan fingerprint density at radius 2 is 2.19 bits per heavy atom. The van der Waals surface area contributed by atoms with Crippen molar-refractivity contribution in [3.63, 3.8) is 0 Å². The van der Waals surface area contributed by atoms with Gasteiger partial charge in [0.15, 0.2) is 0 Å². The van der Waals surface area contributed by atoms with Crippen LogP contribution in [0.4, 0.5) is 5.69 Å². The molecule has 1 aliphatic rings. The van der Waals surface area contributed by atoms with Gasteiger partial charge in [-0.2, -0.15) is 0 Å². The third kappa shape index (κ3) is 3.13. The summed E-state index contributed by atoms with van der Waals surface area (Å²) in [5.41, 5.74) is 15.1. The number of piperidine rings is 1. The van der Waals surface area contributed by atoms with Crippen LogP contribution in [0.1, 0.15) is 34.0 Å². The first-order valence-corrected chi connectivity index (χ1v) is 9.78. The summed E-state index contributed by atoms with van der Waals surface area (Å²) in [6.07, 6.45) is 2.17. The topological polar surface area (TPSA) is 103 Å². The third-order valence-electron chi connectivity index (χ3n) is 5.07. The van der Waals surface area contributed by atoms with Gasteiger partial charge in [-0.15, -0.1) is 11.3 Å². The number of ether oxygens (including phenoxy) is 1. The first-order chi connectivity index (χ1) is 13.1. The fourth-order valence-corrected chi connectivity index (χ4v) is 4.75. The summed E-state index contributed by atoms with van der Waals surface area (Å²) in [6, 6.07) is 9.89. The van der Waals surface area contributed by atoms with Crippen LogP contribution < -0.4 is 21.5 Å². The Kier molecular flexibility index (Phi) is 4.72. The van der Waals surface area contributed by atoms with Gasteiger partial charge in [0.05, 0.1) is 18.5 Å². The molecule has 2 aromatic heterocycles. The van der Waals surface area contributed by atoms with E-state index in [-0.39, 0.29) is 0 Å². The Bertz CT molecular complexity index is 1010. The predicted molar refractivity (Wildman–Crippen MR) is 109 cm³/mol. The van der Waals surface area contributed by atoms with Crippen LogP contribution in [-0.4, -0.2) is 31.1 Å². The maximum atomic E-state index is 11.8. The molecule has 1 fully saturated rings. The summed E-state index contributed by atoms with van der Waals surface area (Å²) in [4.78, 5) is 17.7. The Morgan fingerprint density at radius 1 is 1.37 bits per heavy atom. The molecule has 140 valence electrons. The summed E-state index contributed by atoms with van der Waals surface area (Å²) in [5, 5.41) is 4.32. The van der Waals surface area contributed by atoms with E-state index in [1.165, 1.54) is 11.3 Å². The number of carbonyl (C=O) groups is 1. The third-order valence-corrected chi connectivity index (χ3v) is 6.19. The minimum Gasteiger partial charge on any atom is -0.496 e. The van der Waals surface area contributed by atoms with Gasteiger partial charge in [0, 0.05) is 17.5 Å². The van der Waals surface area contributed by atoms with Gasteiger partial charge in [0.2, 0.25) is 0 Å². The van der Waals surface area contributed by atoms with Crippen molar-refractivity contribution in [1.82, 2.24) is 10.3 Å². The van der Waals surface area contributed by atoms with Crippen molar-refractivity contribution in [2.75, 3.05) is 25.9 Å². The van der Waals surface area contributed by atoms with Gasteiger partial charge < -0.3 is 21.5 Å². The number of amides is 1. The molecule has 27 heavy (non-hydrogen) atoms. The maximum Gasteiger partial charge on any atom is 0.260 e. The summed E-state index contributed by atoms with van der Waals surface area (Å²) in [5.74, 6) is 0.564. The van der Waals surface area contributed by atoms with Gasteiger partial charge in [-0.25, -0.2) is 4.98 Å². The molecule has 3 aromatic rings. The number of hydrogen-bond acceptors (Lipinski definition) is 6. The zero-order valence-electron chi connectivity index (χ0n) is 15.1. The van der Waals surface area contributed by atoms with E-state index in [2.05, 4.69) is 11.4 Å². The first-order valence-electron chi connectivity index (χ1n) is 8.97. The number of thiophene rings is 1. The molecule has 6 nitrogen and oxygen atoms in total. The number of nitrogens with one attached hydrogen (secondary N) is 1. The zero-order valence-corrected chi connectivity index (χ0v) is 15.9. The van der Waals surface area contributed by atoms with Gasteiger partial charge >= 0.3 is 0 Å². The normalized spacial score (nSPS) is 17.1. The van der Waals surface area contributed by atoms with E-state index < -0.39 is 5.91 Å². The number of para-hydroxylation sites is 1. The predicted octanol–water partition coefficient (Wildman–Crippen LogP) is 3.12. The van der Waals surface area contributed by atoms with Crippen LogP contribution in [0.3, 0.4) is 0 Å². The Morgan fingerprint density at radius 3 is 2.89 bits per heavy atom. The summed E-state index contributed by atoms with van der Waals surface area (Å²) < 4.78 is 5.52. The lowest BCUT2D eigenvalue weighted by Crippen LogP contribution is -2.28. The molecule has 3 heterocycles. The molecule has 0 radical (unpaired) electrons. The molecule has 7 heteroatoms. The van der Waals surface area contributed by atoms with Crippen LogP contribution in [0.25, 0.3) is 21.5 Å². The lowest BCUT2D eigenvalue weighted by molar-refractivity contribution is 0.100. The van der Waals surface area contributed by atoms with Crippen molar-refractivity contribution in [3.8, 4) is 17.0 Å². The number of hydrogen-bond donors (Lipinski definition) is 3. The molecule has 1 amide bonds. The van der Waals surface area contributed by atoms with E-state index in [1.807, 2.05) is 24.3 Å². The van der Waals surface area contributed by atoms with Gasteiger partial charge in [0.1, 0.15) is 15.5 Å². The molecule has 0 bridgehead atoms. The fraction of sp³-hybridized carbons (Fsp3) is 0.300. The second-order valence-corrected chi connectivity index (χ2v) is 7.73. The molecule has 0 spiro atoms. The van der Waals surface area contributed by atoms with Crippen molar-refractivity contribution in [2.45, 2.75) is 18.8 Å². The largest absolute Gasteiger partial charge is 0.496 e. The van der Waals surface area contributed by atoms with E-state index in [4.69, 9.17) is 21.2 Å². The minimum atomic E-state index is -0.512. The van der Waals surface area contributed by atoms with Crippen molar-refractivity contribution >= 4 is 33.1 Å². The Balaban J connectivity index is 1.97. The highest BCUT2D eigenvalue weighted by atomic mass is 32.1. The molecular weight excluding hydrogens is 360 g/mol. The maximum absolute atomic E-state index is 11.8. The number of anilines is 1. The quantitative estimate of drug-likeness (QED) is 0.643. The first kappa shape index (κ1) is 17.8. The SMILES string of the molecule is COc1ccccc1-c1cc(C2CCCNC2)c2c(N)c(C(N)=O)sc2n1. The standard InChI is InChI=1S/C20H22N4O2S/c1-26-15-7-3-2-6-12(15)14-9-13(11-5-4-8-23-10-11)16-17(21)18(19(22)25)27-20(16)24-14/h2-3,6-7,9,11,23H,4-5,8,10,21H2,1H3,(H2,22,25). The molecule has 1 aromatic carbocycles. The molecular formula is C20H22N4O2S. The second-order valence-electron chi connectivity index (χ2n) is 6.73. The zero-order chi connectivity index (χ0) is 19.0. The minimum absolute atomic E-state index is 0.315. The van der Waals surface area contributed by atoms with E-state index in [0.29, 0.717) is 16.5 Å². The molecule has 1 aliphatic heterocycles. The number of methoxy groups -OCH3 is 1. The average molecular weight is 382 g/mol. The Labute approximate surface area is 161 Å². The van der Waals surface area contributed by atoms with Crippen LogP contribution >= 0.6 is 11.3 Å². The van der Waals surface area contributed by atoms with Crippen LogP contribution in [0.2, 0.25) is 0 Å². The van der Waals surface area contributed by atoms with Crippen LogP contribution in [-0.2, 0) is 0 Å². The van der Waals surface area contributed by atoms with E-state index in [9.17, 15) is 4.79 Å². The van der Waals surface area contributed by atoms with Gasteiger partial charge in [0.25, 0.3) is 5.91 Å². The lowest BCUT2D eigenvalue weighted by atomic mass is 9.89. The fourth-order valence-electron chi connectivity index (χ4n) is 3.77. The number of nitrogen functional groups attached to an aromatic ring is 1. The monoisotopic (exact) mass is 382 g/mol. The number of aromatic nitrogens is 1. The van der Waals surface area contributed by atoms with E-state index in [0.717, 1.165) is 58.7 Å². The molecule has 0 aliphatic carbocycles. The number of rotatable bonds is 4. The molecule has 5 N–H and O–H groups in total. The molecule has 1 saturated heterocycles. The summed E-state index contributed by atoms with van der Waals surface area (Å²) in [6.45, 7) is 1.90. The van der Waals surface area contributed by atoms with Crippen molar-refractivity contribution in [3.05, 3.63) is 40.8 Å². The van der Waals surface area contributed by atoms with Crippen LogP contribution in [0.15, 0.2) is 30.3 Å². The Hall–Kier alpha value is -2.64. The number of nitrogens with two attached hydrogens (primary N) is 2. The number of benzene rings is 1. The number of nitrogens with zero attached hydrogens (tertiary/aromatic N) is 1. The van der Waals surface area contributed by atoms with Crippen molar-refractivity contribution in [1.29, 1.82) is 0 Å². The summed E-state index contributed by atoms with van der Waals surface area (Å²) >= 11 is 1.26. The smallest absolute Gasteiger partial charge is 0.260 e. The number of carbonyl (C=O) groups excluding carboxylic acids is 1. The van der Waals surface area contributed by atoms with Gasteiger partial charge in [-0.05, 0) is 49.1 Å². The lowest BCUT2D eigenvalue weighted by Gasteiger charge is -2.24. The van der Waals surface area contributed by atoms with E-state index in [1.54, 1.807) is 7.11 Å².